The zero-order valence-corrected chi connectivity index (χ0v) is 16.6. The van der Waals surface area contributed by atoms with Crippen molar-refractivity contribution in [3.8, 4) is 5.69 Å². The molecule has 2 aromatic rings. The van der Waals surface area contributed by atoms with Crippen LogP contribution in [0.3, 0.4) is 0 Å². The molecule has 2 N–H and O–H groups in total. The van der Waals surface area contributed by atoms with Crippen LogP contribution in [-0.2, 0) is 0 Å². The Morgan fingerprint density at radius 3 is 2.36 bits per heavy atom. The van der Waals surface area contributed by atoms with Gasteiger partial charge >= 0.3 is 0 Å². The molecule has 7 heteroatoms. The highest BCUT2D eigenvalue weighted by Gasteiger charge is 2.38. The van der Waals surface area contributed by atoms with Crippen molar-refractivity contribution in [2.24, 2.45) is 0 Å². The predicted molar refractivity (Wildman–Crippen MR) is 105 cm³/mol. The van der Waals surface area contributed by atoms with E-state index >= 15 is 0 Å². The summed E-state index contributed by atoms with van der Waals surface area (Å²) in [7, 11) is 0. The van der Waals surface area contributed by atoms with Crippen LogP contribution in [0.15, 0.2) is 30.6 Å². The summed E-state index contributed by atoms with van der Waals surface area (Å²) in [4.78, 5) is 1.52. The molecule has 5 nitrogen and oxygen atoms in total. The van der Waals surface area contributed by atoms with Gasteiger partial charge in [-0.2, -0.15) is 15.0 Å². The van der Waals surface area contributed by atoms with Gasteiger partial charge in [0.15, 0.2) is 0 Å². The predicted octanol–water partition coefficient (Wildman–Crippen LogP) is 4.29. The van der Waals surface area contributed by atoms with Crippen molar-refractivity contribution in [1.82, 2.24) is 20.3 Å². The molecule has 25 heavy (non-hydrogen) atoms. The second kappa shape index (κ2) is 6.74. The fourth-order valence-electron chi connectivity index (χ4n) is 3.70. The van der Waals surface area contributed by atoms with E-state index in [0.29, 0.717) is 15.3 Å². The van der Waals surface area contributed by atoms with E-state index in [1.54, 1.807) is 24.2 Å². The smallest absolute Gasteiger partial charge is 0.0960 e. The van der Waals surface area contributed by atoms with E-state index in [-0.39, 0.29) is 11.1 Å². The molecular formula is C18H24ClN5S. The number of hydrogen-bond acceptors (Lipinski definition) is 5. The summed E-state index contributed by atoms with van der Waals surface area (Å²) in [6, 6.07) is 5.59. The third-order valence-corrected chi connectivity index (χ3v) is 5.72. The lowest BCUT2D eigenvalue weighted by molar-refractivity contribution is 0.189. The first-order valence-corrected chi connectivity index (χ1v) is 9.62. The SMILES string of the molecule is CC1(C)CC(SC(=N)c2ccc(-n3nccn3)cc2Cl)CC(C)(C)N1. The Morgan fingerprint density at radius 2 is 1.80 bits per heavy atom. The molecule has 0 bridgehead atoms. The van der Waals surface area contributed by atoms with Gasteiger partial charge in [-0.15, -0.1) is 11.8 Å². The van der Waals surface area contributed by atoms with Crippen molar-refractivity contribution in [2.45, 2.75) is 56.9 Å². The van der Waals surface area contributed by atoms with Crippen LogP contribution in [0.5, 0.6) is 0 Å². The summed E-state index contributed by atoms with van der Waals surface area (Å²) in [6.07, 6.45) is 5.30. The average molecular weight is 378 g/mol. The van der Waals surface area contributed by atoms with E-state index < -0.39 is 0 Å². The van der Waals surface area contributed by atoms with Gasteiger partial charge in [0.2, 0.25) is 0 Å². The highest BCUT2D eigenvalue weighted by Crippen LogP contribution is 2.37. The van der Waals surface area contributed by atoms with E-state index in [9.17, 15) is 0 Å². The number of aromatic nitrogens is 3. The first-order chi connectivity index (χ1) is 11.7. The maximum atomic E-state index is 8.53. The summed E-state index contributed by atoms with van der Waals surface area (Å²) < 4.78 is 0. The Bertz CT molecular complexity index is 754. The standard InChI is InChI=1S/C18H24ClN5S/c1-17(2)10-13(11-18(3,4)23-17)25-16(20)14-6-5-12(9-15(14)19)24-21-7-8-22-24/h5-9,13,20,23H,10-11H2,1-4H3. The summed E-state index contributed by atoms with van der Waals surface area (Å²) in [6.45, 7) is 8.90. The molecule has 0 aliphatic carbocycles. The maximum absolute atomic E-state index is 8.53. The fraction of sp³-hybridized carbons (Fsp3) is 0.500. The van der Waals surface area contributed by atoms with Crippen LogP contribution < -0.4 is 5.32 Å². The molecule has 2 heterocycles. The lowest BCUT2D eigenvalue weighted by Gasteiger charge is -2.46. The Morgan fingerprint density at radius 1 is 1.20 bits per heavy atom. The van der Waals surface area contributed by atoms with Gasteiger partial charge in [0.25, 0.3) is 0 Å². The Labute approximate surface area is 158 Å². The zero-order chi connectivity index (χ0) is 18.2. The molecule has 0 amide bonds. The second-order valence-corrected chi connectivity index (χ2v) is 9.57. The average Bonchev–Trinajstić information content (AvgIpc) is 2.97. The van der Waals surface area contributed by atoms with Gasteiger partial charge < -0.3 is 5.32 Å². The molecule has 0 saturated carbocycles. The molecular weight excluding hydrogens is 354 g/mol. The maximum Gasteiger partial charge on any atom is 0.0960 e. The molecule has 1 aliphatic heterocycles. The van der Waals surface area contributed by atoms with Gasteiger partial charge in [0.05, 0.1) is 28.1 Å². The van der Waals surface area contributed by atoms with Crippen molar-refractivity contribution in [2.75, 3.05) is 0 Å². The van der Waals surface area contributed by atoms with Crippen molar-refractivity contribution < 1.29 is 0 Å². The number of piperidine rings is 1. The van der Waals surface area contributed by atoms with Crippen LogP contribution in [0, 0.1) is 5.41 Å². The number of halogens is 1. The quantitative estimate of drug-likeness (QED) is 0.618. The van der Waals surface area contributed by atoms with Gasteiger partial charge in [-0.1, -0.05) is 11.6 Å². The number of benzene rings is 1. The fourth-order valence-corrected chi connectivity index (χ4v) is 5.67. The molecule has 0 radical (unpaired) electrons. The summed E-state index contributed by atoms with van der Waals surface area (Å²) in [5, 5.41) is 21.9. The molecule has 0 atom stereocenters. The van der Waals surface area contributed by atoms with E-state index in [4.69, 9.17) is 17.0 Å². The molecule has 0 spiro atoms. The molecule has 1 fully saturated rings. The Kier molecular flexibility index (Phi) is 4.97. The van der Waals surface area contributed by atoms with Crippen molar-refractivity contribution in [1.29, 1.82) is 5.41 Å². The van der Waals surface area contributed by atoms with E-state index in [1.165, 1.54) is 4.80 Å². The van der Waals surface area contributed by atoms with Crippen molar-refractivity contribution >= 4 is 28.4 Å². The first kappa shape index (κ1) is 18.4. The monoisotopic (exact) mass is 377 g/mol. The third-order valence-electron chi connectivity index (χ3n) is 4.28. The van der Waals surface area contributed by atoms with Crippen LogP contribution in [0.4, 0.5) is 0 Å². The molecule has 134 valence electrons. The highest BCUT2D eigenvalue weighted by atomic mass is 35.5. The highest BCUT2D eigenvalue weighted by molar-refractivity contribution is 8.14. The van der Waals surface area contributed by atoms with Gasteiger partial charge in [-0.25, -0.2) is 0 Å². The molecule has 3 rings (SSSR count). The van der Waals surface area contributed by atoms with E-state index in [1.807, 2.05) is 18.2 Å². The van der Waals surface area contributed by atoms with Crippen LogP contribution in [0.2, 0.25) is 5.02 Å². The minimum Gasteiger partial charge on any atom is -0.307 e. The van der Waals surface area contributed by atoms with Crippen LogP contribution in [0.1, 0.15) is 46.1 Å². The third kappa shape index (κ3) is 4.43. The number of thioether (sulfide) groups is 1. The largest absolute Gasteiger partial charge is 0.307 e. The van der Waals surface area contributed by atoms with Crippen LogP contribution in [-0.4, -0.2) is 36.4 Å². The normalized spacial score (nSPS) is 19.7. The van der Waals surface area contributed by atoms with Crippen molar-refractivity contribution in [3.63, 3.8) is 0 Å². The number of nitrogens with zero attached hydrogens (tertiary/aromatic N) is 3. The van der Waals surface area contributed by atoms with Crippen LogP contribution in [0.25, 0.3) is 5.69 Å². The minimum absolute atomic E-state index is 0.0686. The second-order valence-electron chi connectivity index (χ2n) is 7.85. The molecule has 1 saturated heterocycles. The molecule has 1 aromatic heterocycles. The molecule has 0 unspecified atom stereocenters. The van der Waals surface area contributed by atoms with Crippen LogP contribution >= 0.6 is 23.4 Å². The van der Waals surface area contributed by atoms with Gasteiger partial charge in [-0.3, -0.25) is 5.41 Å². The van der Waals surface area contributed by atoms with E-state index in [2.05, 4.69) is 43.2 Å². The summed E-state index contributed by atoms with van der Waals surface area (Å²) >= 11 is 8.05. The van der Waals surface area contributed by atoms with Gasteiger partial charge in [-0.05, 0) is 58.7 Å². The topological polar surface area (TPSA) is 66.6 Å². The van der Waals surface area contributed by atoms with Crippen molar-refractivity contribution in [3.05, 3.63) is 41.2 Å². The Balaban J connectivity index is 1.75. The van der Waals surface area contributed by atoms with Gasteiger partial charge in [0, 0.05) is 21.9 Å². The number of hydrogen-bond donors (Lipinski definition) is 2. The zero-order valence-electron chi connectivity index (χ0n) is 15.0. The van der Waals surface area contributed by atoms with E-state index in [0.717, 1.165) is 24.1 Å². The number of rotatable bonds is 3. The molecule has 1 aliphatic rings. The summed E-state index contributed by atoms with van der Waals surface area (Å²) in [5.74, 6) is 0. The number of nitrogens with one attached hydrogen (secondary N) is 2. The lowest BCUT2D eigenvalue weighted by Crippen LogP contribution is -2.58. The molecule has 1 aromatic carbocycles. The summed E-state index contributed by atoms with van der Waals surface area (Å²) in [5.41, 5.74) is 1.69. The lowest BCUT2D eigenvalue weighted by atomic mass is 9.82. The Hall–Kier alpha value is -1.37. The first-order valence-electron chi connectivity index (χ1n) is 8.36. The van der Waals surface area contributed by atoms with Gasteiger partial charge in [0.1, 0.15) is 0 Å². The minimum atomic E-state index is 0.0686.